The number of aliphatic imine (C=N–C) groups is 1. The van der Waals surface area contributed by atoms with Crippen molar-refractivity contribution in [3.8, 4) is 11.5 Å². The van der Waals surface area contributed by atoms with Gasteiger partial charge < -0.3 is 14.2 Å². The van der Waals surface area contributed by atoms with Crippen molar-refractivity contribution >= 4 is 45.9 Å². The van der Waals surface area contributed by atoms with Crippen LogP contribution in [0.4, 0.5) is 10.5 Å². The Bertz CT molecular complexity index is 2310. The fourth-order valence-electron chi connectivity index (χ4n) is 7.11. The normalized spacial score (nSPS) is 15.8. The van der Waals surface area contributed by atoms with Gasteiger partial charge in [-0.05, 0) is 92.9 Å². The van der Waals surface area contributed by atoms with Crippen molar-refractivity contribution in [2.45, 2.75) is 51.3 Å². The molecule has 8 nitrogen and oxygen atoms in total. The van der Waals surface area contributed by atoms with Crippen LogP contribution in [0.2, 0.25) is 5.02 Å². The minimum Gasteiger partial charge on any atom is -0.497 e. The maximum Gasteiger partial charge on any atom is 0.419 e. The number of fused-ring (bicyclic) bond motifs is 2. The highest BCUT2D eigenvalue weighted by molar-refractivity contribution is 6.32. The first-order valence-electron chi connectivity index (χ1n) is 17.8. The van der Waals surface area contributed by atoms with Crippen LogP contribution in [-0.4, -0.2) is 47.6 Å². The van der Waals surface area contributed by atoms with E-state index in [2.05, 4.69) is 0 Å². The molecule has 7 rings (SSSR count). The third kappa shape index (κ3) is 7.09. The van der Waals surface area contributed by atoms with E-state index in [0.29, 0.717) is 39.0 Å². The molecule has 54 heavy (non-hydrogen) atoms. The molecule has 0 saturated carbocycles. The summed E-state index contributed by atoms with van der Waals surface area (Å²) >= 11 is 6.76. The van der Waals surface area contributed by atoms with E-state index in [0.717, 1.165) is 27.6 Å². The van der Waals surface area contributed by atoms with Crippen LogP contribution in [-0.2, 0) is 16.0 Å². The summed E-state index contributed by atoms with van der Waals surface area (Å²) < 4.78 is 18.4. The zero-order valence-corrected chi connectivity index (χ0v) is 31.9. The SMILES string of the molecule is COc1ccc(C(c2ccc(OC)cc2)N2C(=O)[C@@](C)(Cc3cn(C(=O)OC(C)(C)C)c4ccccc34)N=C(c3ccccc3)c3cc(Cl)ccc32)cc1. The topological polar surface area (TPSA) is 82.4 Å². The average Bonchev–Trinajstić information content (AvgIpc) is 3.50. The second-order valence-electron chi connectivity index (χ2n) is 14.6. The van der Waals surface area contributed by atoms with Crippen molar-refractivity contribution in [2.24, 2.45) is 4.99 Å². The molecule has 274 valence electrons. The molecule has 0 aliphatic carbocycles. The van der Waals surface area contributed by atoms with Crippen LogP contribution in [0.15, 0.2) is 133 Å². The molecule has 1 atom stereocenters. The molecule has 0 N–H and O–H groups in total. The number of rotatable bonds is 8. The van der Waals surface area contributed by atoms with Gasteiger partial charge in [0.25, 0.3) is 5.91 Å². The maximum absolute atomic E-state index is 15.8. The number of nitrogens with zero attached hydrogens (tertiary/aromatic N) is 3. The molecule has 1 aliphatic heterocycles. The van der Waals surface area contributed by atoms with Crippen LogP contribution in [0, 0.1) is 0 Å². The Hall–Kier alpha value is -5.86. The van der Waals surface area contributed by atoms with Gasteiger partial charge in [-0.25, -0.2) is 4.79 Å². The van der Waals surface area contributed by atoms with E-state index < -0.39 is 23.3 Å². The quantitative estimate of drug-likeness (QED) is 0.155. The summed E-state index contributed by atoms with van der Waals surface area (Å²) in [5, 5.41) is 1.34. The zero-order chi connectivity index (χ0) is 38.2. The van der Waals surface area contributed by atoms with Gasteiger partial charge in [0.15, 0.2) is 0 Å². The molecule has 0 unspecified atom stereocenters. The molecular weight excluding hydrogens is 698 g/mol. The Balaban J connectivity index is 1.48. The first kappa shape index (κ1) is 36.5. The molecule has 1 amide bonds. The molecule has 5 aromatic carbocycles. The van der Waals surface area contributed by atoms with E-state index >= 15 is 4.79 Å². The van der Waals surface area contributed by atoms with E-state index in [9.17, 15) is 4.79 Å². The van der Waals surface area contributed by atoms with E-state index in [1.807, 2.05) is 148 Å². The van der Waals surface area contributed by atoms with E-state index in [1.165, 1.54) is 4.57 Å². The van der Waals surface area contributed by atoms with Crippen molar-refractivity contribution in [2.75, 3.05) is 19.1 Å². The number of hydrogen-bond donors (Lipinski definition) is 0. The average molecular weight is 740 g/mol. The second kappa shape index (κ2) is 14.5. The summed E-state index contributed by atoms with van der Waals surface area (Å²) in [4.78, 5) is 36.7. The smallest absolute Gasteiger partial charge is 0.419 e. The largest absolute Gasteiger partial charge is 0.497 e. The van der Waals surface area contributed by atoms with Crippen molar-refractivity contribution in [3.05, 3.63) is 160 Å². The third-order valence-electron chi connectivity index (χ3n) is 9.60. The molecule has 0 spiro atoms. The van der Waals surface area contributed by atoms with Crippen LogP contribution < -0.4 is 14.4 Å². The van der Waals surface area contributed by atoms with E-state index in [4.69, 9.17) is 30.8 Å². The highest BCUT2D eigenvalue weighted by Gasteiger charge is 2.45. The number of anilines is 1. The number of carbonyl (C=O) groups excluding carboxylic acids is 2. The molecule has 0 fully saturated rings. The number of carbonyl (C=O) groups is 2. The van der Waals surface area contributed by atoms with Crippen LogP contribution in [0.5, 0.6) is 11.5 Å². The van der Waals surface area contributed by atoms with Crippen LogP contribution in [0.25, 0.3) is 10.9 Å². The van der Waals surface area contributed by atoms with Crippen molar-refractivity contribution in [3.63, 3.8) is 0 Å². The number of benzodiazepines with no additional fused rings is 1. The summed E-state index contributed by atoms with van der Waals surface area (Å²) in [6, 6.07) is 38.0. The molecule has 0 saturated heterocycles. The summed E-state index contributed by atoms with van der Waals surface area (Å²) in [5.41, 5.74) is 3.94. The molecule has 1 aromatic heterocycles. The Morgan fingerprint density at radius 3 is 2.00 bits per heavy atom. The molecule has 0 bridgehead atoms. The lowest BCUT2D eigenvalue weighted by Gasteiger charge is -2.37. The fourth-order valence-corrected chi connectivity index (χ4v) is 7.28. The first-order valence-corrected chi connectivity index (χ1v) is 18.2. The van der Waals surface area contributed by atoms with E-state index in [-0.39, 0.29) is 12.3 Å². The highest BCUT2D eigenvalue weighted by Crippen LogP contribution is 2.43. The number of aromatic nitrogens is 1. The minimum atomic E-state index is -1.38. The summed E-state index contributed by atoms with van der Waals surface area (Å²) in [6.07, 6.45) is 1.45. The molecule has 6 aromatic rings. The van der Waals surface area contributed by atoms with Gasteiger partial charge in [-0.15, -0.1) is 0 Å². The predicted octanol–water partition coefficient (Wildman–Crippen LogP) is 10.1. The van der Waals surface area contributed by atoms with Gasteiger partial charge in [0.2, 0.25) is 0 Å². The van der Waals surface area contributed by atoms with Gasteiger partial charge >= 0.3 is 6.09 Å². The Labute approximate surface area is 320 Å². The van der Waals surface area contributed by atoms with Gasteiger partial charge in [0.1, 0.15) is 22.6 Å². The molecular formula is C45H42ClN3O5. The van der Waals surface area contributed by atoms with Crippen LogP contribution in [0.1, 0.15) is 61.6 Å². The maximum atomic E-state index is 15.8. The predicted molar refractivity (Wildman–Crippen MR) is 215 cm³/mol. The Morgan fingerprint density at radius 1 is 0.815 bits per heavy atom. The van der Waals surface area contributed by atoms with Gasteiger partial charge in [0.05, 0.1) is 37.2 Å². The number of amides is 1. The van der Waals surface area contributed by atoms with E-state index in [1.54, 1.807) is 26.5 Å². The Morgan fingerprint density at radius 2 is 1.41 bits per heavy atom. The molecule has 1 aliphatic rings. The highest BCUT2D eigenvalue weighted by atomic mass is 35.5. The summed E-state index contributed by atoms with van der Waals surface area (Å²) in [7, 11) is 3.25. The second-order valence-corrected chi connectivity index (χ2v) is 15.0. The van der Waals surface area contributed by atoms with Gasteiger partial charge in [0, 0.05) is 34.2 Å². The third-order valence-corrected chi connectivity index (χ3v) is 9.83. The number of benzene rings is 5. The van der Waals surface area contributed by atoms with Crippen molar-refractivity contribution < 1.29 is 23.8 Å². The van der Waals surface area contributed by atoms with Crippen LogP contribution in [0.3, 0.4) is 0 Å². The van der Waals surface area contributed by atoms with Crippen molar-refractivity contribution in [1.29, 1.82) is 0 Å². The summed E-state index contributed by atoms with van der Waals surface area (Å²) in [6.45, 7) is 7.38. The number of para-hydroxylation sites is 1. The van der Waals surface area contributed by atoms with Gasteiger partial charge in [-0.1, -0.05) is 84.4 Å². The van der Waals surface area contributed by atoms with Crippen molar-refractivity contribution in [1.82, 2.24) is 4.57 Å². The summed E-state index contributed by atoms with van der Waals surface area (Å²) in [5.74, 6) is 1.16. The monoisotopic (exact) mass is 739 g/mol. The number of methoxy groups -OCH3 is 2. The Kier molecular flexibility index (Phi) is 9.81. The number of hydrogen-bond acceptors (Lipinski definition) is 6. The standard InChI is InChI=1S/C45H42ClN3O5/c1-44(2,3)54-43(51)48-28-32(36-14-10-11-15-38(36)48)27-45(4)42(50)49(39-25-20-33(46)26-37(39)40(47-45)29-12-8-7-9-13-29)41(30-16-21-34(52-5)22-17-30)31-18-23-35(53-6)24-19-31/h7-26,28,41H,27H2,1-6H3/t45-/m1/s1. The van der Waals surface area contributed by atoms with Crippen LogP contribution >= 0.6 is 11.6 Å². The minimum absolute atomic E-state index is 0.175. The van der Waals surface area contributed by atoms with Gasteiger partial charge in [-0.3, -0.25) is 19.3 Å². The number of halogens is 1. The lowest BCUT2D eigenvalue weighted by Crippen LogP contribution is -2.49. The molecule has 0 radical (unpaired) electrons. The molecule has 2 heterocycles. The number of ether oxygens (including phenoxy) is 3. The fraction of sp³-hybridized carbons (Fsp3) is 0.222. The van der Waals surface area contributed by atoms with Gasteiger partial charge in [-0.2, -0.15) is 0 Å². The molecule has 9 heteroatoms. The first-order chi connectivity index (χ1) is 25.9. The zero-order valence-electron chi connectivity index (χ0n) is 31.2. The lowest BCUT2D eigenvalue weighted by atomic mass is 9.89. The lowest BCUT2D eigenvalue weighted by molar-refractivity contribution is -0.123.